The van der Waals surface area contributed by atoms with Gasteiger partial charge in [0.15, 0.2) is 5.78 Å². The van der Waals surface area contributed by atoms with Crippen molar-refractivity contribution >= 4 is 28.6 Å². The molecule has 3 N–H and O–H groups in total. The molecule has 0 amide bonds. The summed E-state index contributed by atoms with van der Waals surface area (Å²) in [6.07, 6.45) is 0. The second-order valence-electron chi connectivity index (χ2n) is 6.02. The van der Waals surface area contributed by atoms with Crippen molar-refractivity contribution in [1.29, 1.82) is 0 Å². The Balaban J connectivity index is 1.97. The molecule has 0 saturated heterocycles. The summed E-state index contributed by atoms with van der Waals surface area (Å²) in [6, 6.07) is 23.4. The van der Waals surface area contributed by atoms with Gasteiger partial charge in [0, 0.05) is 22.4 Å². The second-order valence-corrected chi connectivity index (χ2v) is 6.02. The third-order valence-corrected chi connectivity index (χ3v) is 4.29. The van der Waals surface area contributed by atoms with Gasteiger partial charge in [-0.3, -0.25) is 4.79 Å². The number of Topliss-reactive ketones (excluding diaryl/α,β-unsaturated/α-hetero) is 1. The van der Waals surface area contributed by atoms with Gasteiger partial charge >= 0.3 is 0 Å². The lowest BCUT2D eigenvalue weighted by atomic mass is 10.0. The maximum atomic E-state index is 13.0. The van der Waals surface area contributed by atoms with Crippen molar-refractivity contribution in [3.8, 4) is 0 Å². The lowest BCUT2D eigenvalue weighted by Crippen LogP contribution is -2.06. The SMILES string of the molecule is Nc1cccc(N=C2C(=C(O)c3ccccc3)C(=O)c3ccccc32)c1. The third-order valence-electron chi connectivity index (χ3n) is 4.29. The van der Waals surface area contributed by atoms with Gasteiger partial charge in [0.2, 0.25) is 0 Å². The van der Waals surface area contributed by atoms with Gasteiger partial charge in [0.25, 0.3) is 0 Å². The number of aliphatic hydroxyl groups is 1. The first-order chi connectivity index (χ1) is 12.6. The van der Waals surface area contributed by atoms with Crippen LogP contribution in [0.15, 0.2) is 89.4 Å². The predicted molar refractivity (Wildman–Crippen MR) is 104 cm³/mol. The Bertz CT molecular complexity index is 1070. The summed E-state index contributed by atoms with van der Waals surface area (Å²) >= 11 is 0. The fourth-order valence-electron chi connectivity index (χ4n) is 3.06. The van der Waals surface area contributed by atoms with Crippen LogP contribution in [-0.4, -0.2) is 16.6 Å². The van der Waals surface area contributed by atoms with Crippen LogP contribution in [0.5, 0.6) is 0 Å². The molecule has 0 heterocycles. The van der Waals surface area contributed by atoms with Crippen LogP contribution in [-0.2, 0) is 0 Å². The van der Waals surface area contributed by atoms with Crippen molar-refractivity contribution < 1.29 is 9.90 Å². The Morgan fingerprint density at radius 2 is 1.54 bits per heavy atom. The van der Waals surface area contributed by atoms with E-state index in [1.807, 2.05) is 36.4 Å². The molecule has 0 bridgehead atoms. The van der Waals surface area contributed by atoms with Gasteiger partial charge in [-0.1, -0.05) is 60.7 Å². The summed E-state index contributed by atoms with van der Waals surface area (Å²) in [5, 5.41) is 10.8. The van der Waals surface area contributed by atoms with Crippen molar-refractivity contribution in [3.05, 3.63) is 101 Å². The highest BCUT2D eigenvalue weighted by atomic mass is 16.3. The summed E-state index contributed by atoms with van der Waals surface area (Å²) in [5.74, 6) is -0.306. The molecule has 0 aromatic heterocycles. The van der Waals surface area contributed by atoms with Gasteiger partial charge in [-0.05, 0) is 18.2 Å². The number of anilines is 1. The van der Waals surface area contributed by atoms with E-state index in [4.69, 9.17) is 5.73 Å². The Kier molecular flexibility index (Phi) is 3.86. The topological polar surface area (TPSA) is 75.7 Å². The molecule has 126 valence electrons. The number of nitrogens with zero attached hydrogens (tertiary/aromatic N) is 1. The molecule has 0 radical (unpaired) electrons. The Hall–Kier alpha value is -3.66. The van der Waals surface area contributed by atoms with Gasteiger partial charge in [-0.15, -0.1) is 0 Å². The van der Waals surface area contributed by atoms with Crippen LogP contribution in [0, 0.1) is 0 Å². The predicted octanol–water partition coefficient (Wildman–Crippen LogP) is 4.56. The average molecular weight is 340 g/mol. The Morgan fingerprint density at radius 1 is 0.846 bits per heavy atom. The number of rotatable bonds is 2. The van der Waals surface area contributed by atoms with Gasteiger partial charge in [-0.25, -0.2) is 4.99 Å². The molecular formula is C22H16N2O2. The van der Waals surface area contributed by atoms with Crippen molar-refractivity contribution in [3.63, 3.8) is 0 Å². The van der Waals surface area contributed by atoms with E-state index in [-0.39, 0.29) is 17.1 Å². The summed E-state index contributed by atoms with van der Waals surface area (Å²) in [7, 11) is 0. The zero-order valence-corrected chi connectivity index (χ0v) is 13.9. The highest BCUT2D eigenvalue weighted by Gasteiger charge is 2.34. The minimum Gasteiger partial charge on any atom is -0.506 e. The van der Waals surface area contributed by atoms with Gasteiger partial charge in [-0.2, -0.15) is 0 Å². The summed E-state index contributed by atoms with van der Waals surface area (Å²) in [4.78, 5) is 17.6. The maximum absolute atomic E-state index is 13.0. The molecule has 0 spiro atoms. The number of ketones is 1. The van der Waals surface area contributed by atoms with E-state index in [0.29, 0.717) is 33.8 Å². The molecule has 1 aliphatic rings. The molecule has 3 aromatic rings. The van der Waals surface area contributed by atoms with E-state index in [2.05, 4.69) is 4.99 Å². The molecule has 0 atom stereocenters. The third kappa shape index (κ3) is 2.67. The van der Waals surface area contributed by atoms with E-state index in [0.717, 1.165) is 0 Å². The molecule has 0 aliphatic heterocycles. The molecule has 1 aliphatic carbocycles. The average Bonchev–Trinajstić information content (AvgIpc) is 2.94. The zero-order chi connectivity index (χ0) is 18.1. The first-order valence-corrected chi connectivity index (χ1v) is 8.22. The normalized spacial score (nSPS) is 16.6. The minimum absolute atomic E-state index is 0.0746. The molecule has 0 saturated carbocycles. The van der Waals surface area contributed by atoms with Crippen LogP contribution in [0.2, 0.25) is 0 Å². The van der Waals surface area contributed by atoms with Crippen LogP contribution in [0.1, 0.15) is 21.5 Å². The quantitative estimate of drug-likeness (QED) is 0.408. The molecule has 4 nitrogen and oxygen atoms in total. The first kappa shape index (κ1) is 15.8. The fourth-order valence-corrected chi connectivity index (χ4v) is 3.06. The maximum Gasteiger partial charge on any atom is 0.199 e. The zero-order valence-electron chi connectivity index (χ0n) is 13.9. The standard InChI is InChI=1S/C22H16N2O2/c23-15-9-6-10-16(13-15)24-20-17-11-4-5-12-18(17)22(26)19(20)21(25)14-7-2-1-3-8-14/h1-13,25H,23H2. The summed E-state index contributed by atoms with van der Waals surface area (Å²) in [5.41, 5.74) is 9.53. The van der Waals surface area contributed by atoms with E-state index < -0.39 is 0 Å². The number of fused-ring (bicyclic) bond motifs is 1. The smallest absolute Gasteiger partial charge is 0.199 e. The number of carbonyl (C=O) groups is 1. The van der Waals surface area contributed by atoms with Crippen molar-refractivity contribution in [2.75, 3.05) is 5.73 Å². The van der Waals surface area contributed by atoms with Crippen LogP contribution >= 0.6 is 0 Å². The number of aliphatic hydroxyl groups excluding tert-OH is 1. The molecule has 26 heavy (non-hydrogen) atoms. The van der Waals surface area contributed by atoms with E-state index >= 15 is 0 Å². The van der Waals surface area contributed by atoms with Crippen LogP contribution in [0.25, 0.3) is 5.76 Å². The molecule has 0 fully saturated rings. The molecule has 4 heteroatoms. The number of nitrogens with two attached hydrogens (primary N) is 1. The van der Waals surface area contributed by atoms with E-state index in [1.165, 1.54) is 0 Å². The van der Waals surface area contributed by atoms with Crippen LogP contribution in [0.3, 0.4) is 0 Å². The molecular weight excluding hydrogens is 324 g/mol. The second kappa shape index (κ2) is 6.33. The van der Waals surface area contributed by atoms with Crippen molar-refractivity contribution in [2.45, 2.75) is 0 Å². The minimum atomic E-state index is -0.232. The number of nitrogen functional groups attached to an aromatic ring is 1. The lowest BCUT2D eigenvalue weighted by molar-refractivity contribution is 0.104. The molecule has 3 aromatic carbocycles. The van der Waals surface area contributed by atoms with E-state index in [9.17, 15) is 9.90 Å². The number of hydrogen-bond donors (Lipinski definition) is 2. The summed E-state index contributed by atoms with van der Waals surface area (Å²) in [6.45, 7) is 0. The highest BCUT2D eigenvalue weighted by molar-refractivity contribution is 6.43. The molecule has 4 rings (SSSR count). The van der Waals surface area contributed by atoms with E-state index in [1.54, 1.807) is 42.5 Å². The fraction of sp³-hybridized carbons (Fsp3) is 0. The van der Waals surface area contributed by atoms with Gasteiger partial charge in [0.05, 0.1) is 17.0 Å². The highest BCUT2D eigenvalue weighted by Crippen LogP contribution is 2.33. The summed E-state index contributed by atoms with van der Waals surface area (Å²) < 4.78 is 0. The van der Waals surface area contributed by atoms with Crippen LogP contribution in [0.4, 0.5) is 11.4 Å². The number of benzene rings is 3. The largest absolute Gasteiger partial charge is 0.506 e. The van der Waals surface area contributed by atoms with Crippen molar-refractivity contribution in [2.24, 2.45) is 4.99 Å². The number of carbonyl (C=O) groups excluding carboxylic acids is 1. The van der Waals surface area contributed by atoms with Gasteiger partial charge < -0.3 is 10.8 Å². The number of aliphatic imine (C=N–C) groups is 1. The number of allylic oxidation sites excluding steroid dienone is 1. The molecule has 0 unspecified atom stereocenters. The van der Waals surface area contributed by atoms with Crippen molar-refractivity contribution in [1.82, 2.24) is 0 Å². The first-order valence-electron chi connectivity index (χ1n) is 8.22. The van der Waals surface area contributed by atoms with Crippen LogP contribution < -0.4 is 5.73 Å². The van der Waals surface area contributed by atoms with Gasteiger partial charge in [0.1, 0.15) is 5.76 Å². The number of hydrogen-bond acceptors (Lipinski definition) is 4. The Labute approximate surface area is 151 Å². The monoisotopic (exact) mass is 340 g/mol. The lowest BCUT2D eigenvalue weighted by Gasteiger charge is -2.06. The Morgan fingerprint density at radius 3 is 2.27 bits per heavy atom.